The van der Waals surface area contributed by atoms with Gasteiger partial charge < -0.3 is 9.47 Å². The van der Waals surface area contributed by atoms with E-state index in [0.717, 1.165) is 16.3 Å². The third-order valence-corrected chi connectivity index (χ3v) is 4.92. The second-order valence-electron chi connectivity index (χ2n) is 5.02. The van der Waals surface area contributed by atoms with Crippen LogP contribution in [0.4, 0.5) is 0 Å². The zero-order valence-electron chi connectivity index (χ0n) is 12.8. The molecule has 122 valence electrons. The molecule has 0 saturated heterocycles. The summed E-state index contributed by atoms with van der Waals surface area (Å²) < 4.78 is 11.4. The molecule has 3 rings (SSSR count). The Balaban J connectivity index is 2.10. The Morgan fingerprint density at radius 3 is 2.62 bits per heavy atom. The average molecular weight is 407 g/mol. The van der Waals surface area contributed by atoms with Crippen molar-refractivity contribution in [1.29, 1.82) is 0 Å². The lowest BCUT2D eigenvalue weighted by Crippen LogP contribution is -2.09. The summed E-state index contributed by atoms with van der Waals surface area (Å²) in [7, 11) is 1.31. The highest BCUT2D eigenvalue weighted by Gasteiger charge is 2.20. The van der Waals surface area contributed by atoms with Gasteiger partial charge in [0, 0.05) is 21.4 Å². The number of hydrogen-bond acceptors (Lipinski definition) is 4. The van der Waals surface area contributed by atoms with E-state index >= 15 is 0 Å². The summed E-state index contributed by atoms with van der Waals surface area (Å²) in [5, 5.41) is 2.06. The van der Waals surface area contributed by atoms with Crippen LogP contribution >= 0.6 is 27.5 Å². The molecule has 0 radical (unpaired) electrons. The molecule has 0 aliphatic carbocycles. The molecule has 6 heteroatoms. The molecular formula is C18H13BrClNO3. The molecule has 0 aliphatic heterocycles. The largest absolute Gasteiger partial charge is 0.486 e. The number of esters is 1. The van der Waals surface area contributed by atoms with Crippen LogP contribution in [0.2, 0.25) is 5.02 Å². The lowest BCUT2D eigenvalue weighted by molar-refractivity contribution is 0.0589. The van der Waals surface area contributed by atoms with Crippen LogP contribution in [-0.2, 0) is 11.3 Å². The minimum Gasteiger partial charge on any atom is -0.486 e. The number of carbonyl (C=O) groups is 1. The number of pyridine rings is 1. The molecule has 0 bridgehead atoms. The Bertz CT molecular complexity index is 900. The first-order valence-electron chi connectivity index (χ1n) is 7.13. The second kappa shape index (κ2) is 7.20. The van der Waals surface area contributed by atoms with Gasteiger partial charge in [-0.15, -0.1) is 0 Å². The van der Waals surface area contributed by atoms with Crippen LogP contribution in [0.25, 0.3) is 10.8 Å². The number of methoxy groups -OCH3 is 1. The van der Waals surface area contributed by atoms with Crippen molar-refractivity contribution in [2.75, 3.05) is 7.11 Å². The van der Waals surface area contributed by atoms with Crippen LogP contribution in [0.5, 0.6) is 5.75 Å². The number of aromatic nitrogens is 1. The summed E-state index contributed by atoms with van der Waals surface area (Å²) in [5.74, 6) is -0.174. The van der Waals surface area contributed by atoms with E-state index in [9.17, 15) is 4.79 Å². The van der Waals surface area contributed by atoms with Crippen molar-refractivity contribution in [1.82, 2.24) is 4.98 Å². The van der Waals surface area contributed by atoms with Gasteiger partial charge in [0.2, 0.25) is 0 Å². The minimum atomic E-state index is -0.550. The van der Waals surface area contributed by atoms with Gasteiger partial charge in [-0.25, -0.2) is 9.78 Å². The number of halogens is 2. The molecule has 0 N–H and O–H groups in total. The quantitative estimate of drug-likeness (QED) is 0.571. The maximum absolute atomic E-state index is 12.0. The summed E-state index contributed by atoms with van der Waals surface area (Å²) in [6.45, 7) is 0.311. The minimum absolute atomic E-state index is 0.134. The van der Waals surface area contributed by atoms with Gasteiger partial charge in [0.25, 0.3) is 0 Å². The topological polar surface area (TPSA) is 48.4 Å². The second-order valence-corrected chi connectivity index (χ2v) is 6.22. The smallest absolute Gasteiger partial charge is 0.360 e. The van der Waals surface area contributed by atoms with Crippen LogP contribution in [0, 0.1) is 0 Å². The Labute approximate surface area is 152 Å². The first kappa shape index (κ1) is 16.7. The van der Waals surface area contributed by atoms with Crippen molar-refractivity contribution in [2.45, 2.75) is 6.61 Å². The Hall–Kier alpha value is -2.11. The van der Waals surface area contributed by atoms with E-state index in [-0.39, 0.29) is 5.69 Å². The van der Waals surface area contributed by atoms with Crippen molar-refractivity contribution >= 4 is 44.3 Å². The molecule has 1 aromatic heterocycles. The summed E-state index contributed by atoms with van der Waals surface area (Å²) in [6, 6.07) is 13.2. The van der Waals surface area contributed by atoms with Gasteiger partial charge in [-0.2, -0.15) is 0 Å². The van der Waals surface area contributed by atoms with E-state index in [2.05, 4.69) is 20.9 Å². The maximum Gasteiger partial charge on any atom is 0.360 e. The zero-order valence-corrected chi connectivity index (χ0v) is 15.1. The number of hydrogen-bond donors (Lipinski definition) is 0. The third-order valence-electron chi connectivity index (χ3n) is 3.52. The highest BCUT2D eigenvalue weighted by Crippen LogP contribution is 2.37. The van der Waals surface area contributed by atoms with Crippen molar-refractivity contribution in [2.24, 2.45) is 0 Å². The molecule has 24 heavy (non-hydrogen) atoms. The van der Waals surface area contributed by atoms with E-state index in [0.29, 0.717) is 21.9 Å². The average Bonchev–Trinajstić information content (AvgIpc) is 2.62. The Kier molecular flexibility index (Phi) is 5.02. The lowest BCUT2D eigenvalue weighted by atomic mass is 10.1. The lowest BCUT2D eigenvalue weighted by Gasteiger charge is -2.14. The first-order valence-corrected chi connectivity index (χ1v) is 8.30. The van der Waals surface area contributed by atoms with Gasteiger partial charge in [0.05, 0.1) is 12.1 Å². The predicted molar refractivity (Wildman–Crippen MR) is 96.6 cm³/mol. The van der Waals surface area contributed by atoms with Crippen LogP contribution < -0.4 is 4.74 Å². The normalized spacial score (nSPS) is 10.6. The predicted octanol–water partition coefficient (Wildman–Crippen LogP) is 5.02. The monoisotopic (exact) mass is 405 g/mol. The summed E-state index contributed by atoms with van der Waals surface area (Å²) in [6.07, 6.45) is 1.58. The van der Waals surface area contributed by atoms with Crippen molar-refractivity contribution < 1.29 is 14.3 Å². The fourth-order valence-corrected chi connectivity index (χ4v) is 2.94. The fourth-order valence-electron chi connectivity index (χ4n) is 2.32. The van der Waals surface area contributed by atoms with Crippen LogP contribution in [0.1, 0.15) is 16.1 Å². The molecule has 0 aliphatic rings. The molecule has 4 nitrogen and oxygen atoms in total. The maximum atomic E-state index is 12.0. The Morgan fingerprint density at radius 2 is 1.92 bits per heavy atom. The molecule has 0 fully saturated rings. The van der Waals surface area contributed by atoms with Gasteiger partial charge in [0.1, 0.15) is 6.61 Å². The number of rotatable bonds is 4. The summed E-state index contributed by atoms with van der Waals surface area (Å²) in [5.41, 5.74) is 1.12. The number of carbonyl (C=O) groups excluding carboxylic acids is 1. The highest BCUT2D eigenvalue weighted by atomic mass is 79.9. The van der Waals surface area contributed by atoms with Crippen LogP contribution in [-0.4, -0.2) is 18.1 Å². The van der Waals surface area contributed by atoms with E-state index < -0.39 is 5.97 Å². The molecular weight excluding hydrogens is 394 g/mol. The van der Waals surface area contributed by atoms with E-state index in [1.807, 2.05) is 30.3 Å². The number of fused-ring (bicyclic) bond motifs is 1. The van der Waals surface area contributed by atoms with Gasteiger partial charge in [-0.1, -0.05) is 41.9 Å². The van der Waals surface area contributed by atoms with E-state index in [4.69, 9.17) is 21.1 Å². The molecule has 3 aromatic rings. The van der Waals surface area contributed by atoms with Gasteiger partial charge >= 0.3 is 5.97 Å². The zero-order chi connectivity index (χ0) is 17.1. The Morgan fingerprint density at radius 1 is 1.17 bits per heavy atom. The summed E-state index contributed by atoms with van der Waals surface area (Å²) in [4.78, 5) is 16.2. The third kappa shape index (κ3) is 3.23. The standard InChI is InChI=1S/C18H13BrClNO3/c1-23-18(22)16-17(24-10-11-5-3-2-4-6-11)12-7-8-14(20)15(19)13(12)9-21-16/h2-9H,10H2,1H3. The molecule has 0 saturated carbocycles. The van der Waals surface area contributed by atoms with E-state index in [1.165, 1.54) is 7.11 Å². The molecule has 1 heterocycles. The number of nitrogens with zero attached hydrogens (tertiary/aromatic N) is 1. The van der Waals surface area contributed by atoms with Gasteiger partial charge in [-0.3, -0.25) is 0 Å². The molecule has 0 unspecified atom stereocenters. The van der Waals surface area contributed by atoms with Gasteiger partial charge in [0.15, 0.2) is 11.4 Å². The summed E-state index contributed by atoms with van der Waals surface area (Å²) >= 11 is 9.58. The van der Waals surface area contributed by atoms with Crippen LogP contribution in [0.3, 0.4) is 0 Å². The molecule has 0 spiro atoms. The van der Waals surface area contributed by atoms with Gasteiger partial charge in [-0.05, 0) is 33.6 Å². The van der Waals surface area contributed by atoms with Crippen molar-refractivity contribution in [3.05, 3.63) is 69.4 Å². The number of ether oxygens (including phenoxy) is 2. The van der Waals surface area contributed by atoms with Crippen LogP contribution in [0.15, 0.2) is 53.1 Å². The number of benzene rings is 2. The fraction of sp³-hybridized carbons (Fsp3) is 0.111. The molecule has 0 amide bonds. The molecule has 2 aromatic carbocycles. The first-order chi connectivity index (χ1) is 11.6. The van der Waals surface area contributed by atoms with Crippen molar-refractivity contribution in [3.8, 4) is 5.75 Å². The SMILES string of the molecule is COC(=O)c1ncc2c(Br)c(Cl)ccc2c1OCc1ccccc1. The molecule has 0 atom stereocenters. The van der Waals surface area contributed by atoms with Crippen molar-refractivity contribution in [3.63, 3.8) is 0 Å². The van der Waals surface area contributed by atoms with E-state index in [1.54, 1.807) is 18.3 Å². The highest BCUT2D eigenvalue weighted by molar-refractivity contribution is 9.10.